The Balaban J connectivity index is 2.04. The quantitative estimate of drug-likeness (QED) is 0.419. The predicted octanol–water partition coefficient (Wildman–Crippen LogP) is -2.79. The molecular weight excluding hydrogens is 512 g/mol. The number of likely N-dealkylation sites (tertiary alicyclic amines) is 1. The van der Waals surface area contributed by atoms with Crippen LogP contribution in [0.4, 0.5) is 8.78 Å². The molecule has 1 amide bonds. The van der Waals surface area contributed by atoms with Crippen LogP contribution in [0.25, 0.3) is 0 Å². The lowest BCUT2D eigenvalue weighted by molar-refractivity contribution is -0.0236. The highest BCUT2D eigenvalue weighted by Gasteiger charge is 2.67. The molecular formula is C20H9B13ClF2N3O. The third-order valence-corrected chi connectivity index (χ3v) is 7.05. The van der Waals surface area contributed by atoms with E-state index in [1.165, 1.54) is 12.1 Å². The summed E-state index contributed by atoms with van der Waals surface area (Å²) in [5.74, 6) is -1.96. The molecule has 1 N–H and O–H groups in total. The summed E-state index contributed by atoms with van der Waals surface area (Å²) in [5.41, 5.74) is -3.61. The average molecular weight is 521 g/mol. The van der Waals surface area contributed by atoms with Gasteiger partial charge in [0.1, 0.15) is 11.5 Å². The second-order valence-electron chi connectivity index (χ2n) is 10.2. The monoisotopic (exact) mass is 523 g/mol. The van der Waals surface area contributed by atoms with Gasteiger partial charge in [0.2, 0.25) is 0 Å². The van der Waals surface area contributed by atoms with Crippen molar-refractivity contribution in [2.45, 2.75) is 43.8 Å². The van der Waals surface area contributed by atoms with Crippen LogP contribution >= 0.6 is 11.6 Å². The van der Waals surface area contributed by atoms with E-state index >= 15 is 4.39 Å². The van der Waals surface area contributed by atoms with Crippen molar-refractivity contribution in [3.8, 4) is 0 Å². The Morgan fingerprint density at radius 1 is 0.975 bits per heavy atom. The summed E-state index contributed by atoms with van der Waals surface area (Å²) in [4.78, 5) is 17.8. The number of benzene rings is 1. The zero-order valence-electron chi connectivity index (χ0n) is 21.1. The number of carbonyl (C=O) groups excluding carboxylic acids is 1. The summed E-state index contributed by atoms with van der Waals surface area (Å²) in [6.07, 6.45) is -0.0226. The number of halogens is 3. The summed E-state index contributed by atoms with van der Waals surface area (Å²) < 4.78 is 30.7. The minimum atomic E-state index is -3.37. The summed E-state index contributed by atoms with van der Waals surface area (Å²) in [7, 11) is 78.3. The molecule has 1 saturated heterocycles. The molecule has 0 saturated carbocycles. The van der Waals surface area contributed by atoms with E-state index in [0.717, 1.165) is 24.4 Å². The first-order valence-electron chi connectivity index (χ1n) is 11.3. The lowest BCUT2D eigenvalue weighted by Crippen LogP contribution is -2.84. The molecule has 2 aromatic rings. The van der Waals surface area contributed by atoms with E-state index in [1.807, 2.05) is 0 Å². The topological polar surface area (TPSA) is 45.2 Å². The van der Waals surface area contributed by atoms with Crippen molar-refractivity contribution in [1.82, 2.24) is 15.2 Å². The van der Waals surface area contributed by atoms with Crippen molar-refractivity contribution in [1.29, 1.82) is 0 Å². The van der Waals surface area contributed by atoms with E-state index in [9.17, 15) is 9.18 Å². The first-order chi connectivity index (χ1) is 17.8. The van der Waals surface area contributed by atoms with E-state index in [-0.39, 0.29) is 16.8 Å². The Morgan fingerprint density at radius 2 is 1.55 bits per heavy atom. The fourth-order valence-electron chi connectivity index (χ4n) is 4.47. The normalized spacial score (nSPS) is 22.4. The molecule has 1 aromatic heterocycles. The van der Waals surface area contributed by atoms with Crippen molar-refractivity contribution in [3.05, 3.63) is 64.2 Å². The molecule has 0 bridgehead atoms. The molecule has 3 rings (SSSR count). The number of hydrogen-bond acceptors (Lipinski definition) is 3. The first-order valence-corrected chi connectivity index (χ1v) is 11.7. The number of rotatable bonds is 6. The van der Waals surface area contributed by atoms with Gasteiger partial charge in [-0.1, -0.05) is 22.9 Å². The van der Waals surface area contributed by atoms with Crippen molar-refractivity contribution < 1.29 is 13.6 Å². The number of pyridine rings is 1. The summed E-state index contributed by atoms with van der Waals surface area (Å²) in [5, 5.41) is -13.6. The number of alkyl halides is 1. The molecule has 1 aliphatic rings. The second-order valence-corrected chi connectivity index (χ2v) is 10.6. The van der Waals surface area contributed by atoms with Crippen LogP contribution in [0.2, 0.25) is 10.2 Å². The van der Waals surface area contributed by atoms with Gasteiger partial charge in [0.25, 0.3) is 5.91 Å². The zero-order valence-corrected chi connectivity index (χ0v) is 21.9. The Morgan fingerprint density at radius 3 is 2.02 bits per heavy atom. The minimum Gasteiger partial charge on any atom is -0.363 e. The molecule has 26 radical (unpaired) electrons. The molecule has 40 heavy (non-hydrogen) atoms. The largest absolute Gasteiger partial charge is 0.363 e. The maximum Gasteiger partial charge on any atom is 0.252 e. The highest BCUT2D eigenvalue weighted by molar-refractivity contribution is 6.59. The minimum absolute atomic E-state index is 0.150. The van der Waals surface area contributed by atoms with E-state index in [1.54, 1.807) is 0 Å². The number of carbonyl (C=O) groups is 1. The SMILES string of the molecule is [B]C([B])([B])c1ccc(C([B])([B])NC([B])([B])C2(F)CC([B])([B])N(C(=O)c3ccc(F)c(Cl)c3)C([B])([B])C2([B])[B])nc1. The predicted molar refractivity (Wildman–Crippen MR) is 162 cm³/mol. The van der Waals surface area contributed by atoms with Gasteiger partial charge in [-0.05, 0) is 57.6 Å². The standard InChI is InChI=1S/C20H9B13ClF2N3O/c21-15(22)7-14(36,19(30,31)38-17(26,27)12-4-2-9(6-37-12)16(23,24)25)18(28,29)20(32,33)39(15)13(40)8-1-3-11(35)10(34)5-8/h1-6,38H,7H2. The highest BCUT2D eigenvalue weighted by atomic mass is 35.5. The van der Waals surface area contributed by atoms with Crippen molar-refractivity contribution in [2.75, 3.05) is 0 Å². The van der Waals surface area contributed by atoms with Crippen molar-refractivity contribution in [3.63, 3.8) is 0 Å². The Labute approximate surface area is 255 Å². The molecule has 1 atom stereocenters. The first kappa shape index (κ1) is 33.3. The van der Waals surface area contributed by atoms with Gasteiger partial charge in [-0.15, -0.1) is 5.11 Å². The van der Waals surface area contributed by atoms with E-state index in [2.05, 4.69) is 10.3 Å². The van der Waals surface area contributed by atoms with Crippen LogP contribution in [0.5, 0.6) is 0 Å². The fraction of sp³-hybridized carbons (Fsp3) is 0.400. The van der Waals surface area contributed by atoms with Crippen LogP contribution in [-0.4, -0.2) is 139 Å². The van der Waals surface area contributed by atoms with Crippen molar-refractivity contribution in [2.24, 2.45) is 0 Å². The van der Waals surface area contributed by atoms with Gasteiger partial charge in [-0.25, -0.2) is 8.78 Å². The van der Waals surface area contributed by atoms with Gasteiger partial charge in [-0.2, -0.15) is 0 Å². The lowest BCUT2D eigenvalue weighted by atomic mass is 9.21. The van der Waals surface area contributed by atoms with Crippen LogP contribution in [0.15, 0.2) is 36.5 Å². The molecule has 0 aliphatic carbocycles. The molecule has 1 aromatic carbocycles. The fourth-order valence-corrected chi connectivity index (χ4v) is 4.65. The molecule has 1 fully saturated rings. The number of hydrogen-bond donors (Lipinski definition) is 1. The second kappa shape index (κ2) is 10.2. The summed E-state index contributed by atoms with van der Waals surface area (Å²) in [6.45, 7) is 0. The number of nitrogens with zero attached hydrogens (tertiary/aromatic N) is 2. The molecule has 2 heterocycles. The molecule has 20 heteroatoms. The third kappa shape index (κ3) is 5.47. The number of aromatic nitrogens is 1. The average Bonchev–Trinajstić information content (AvgIpc) is 2.78. The maximum absolute atomic E-state index is 17.1. The molecule has 170 valence electrons. The molecule has 4 nitrogen and oxygen atoms in total. The van der Waals surface area contributed by atoms with Crippen LogP contribution in [0.3, 0.4) is 0 Å². The van der Waals surface area contributed by atoms with Gasteiger partial charge in [-0.3, -0.25) is 9.78 Å². The van der Waals surface area contributed by atoms with E-state index in [0.29, 0.717) is 4.90 Å². The van der Waals surface area contributed by atoms with Gasteiger partial charge in [0.05, 0.1) is 107 Å². The smallest absolute Gasteiger partial charge is 0.252 e. The summed E-state index contributed by atoms with van der Waals surface area (Å²) >= 11 is 5.77. The Kier molecular flexibility index (Phi) is 8.50. The van der Waals surface area contributed by atoms with Gasteiger partial charge in [0.15, 0.2) is 0 Å². The van der Waals surface area contributed by atoms with Gasteiger partial charge >= 0.3 is 0 Å². The Hall–Kier alpha value is -1.21. The van der Waals surface area contributed by atoms with Crippen LogP contribution in [0, 0.1) is 5.82 Å². The third-order valence-electron chi connectivity index (χ3n) is 6.76. The van der Waals surface area contributed by atoms with Crippen LogP contribution in [0.1, 0.15) is 28.0 Å². The summed E-state index contributed by atoms with van der Waals surface area (Å²) in [6, 6.07) is 5.44. The molecule has 1 aliphatic heterocycles. The number of piperidine rings is 1. The number of nitrogens with one attached hydrogen (secondary N) is 1. The van der Waals surface area contributed by atoms with E-state index in [4.69, 9.17) is 114 Å². The highest BCUT2D eigenvalue weighted by Crippen LogP contribution is 2.58. The van der Waals surface area contributed by atoms with Gasteiger partial charge < -0.3 is 10.2 Å². The van der Waals surface area contributed by atoms with Crippen LogP contribution < -0.4 is 5.32 Å². The maximum atomic E-state index is 17.1. The number of amides is 1. The van der Waals surface area contributed by atoms with Crippen molar-refractivity contribution >= 4 is 120 Å². The molecule has 1 unspecified atom stereocenters. The Bertz CT molecular complexity index is 1310. The van der Waals surface area contributed by atoms with Crippen LogP contribution in [-0.2, 0) is 10.5 Å². The molecule has 0 spiro atoms. The lowest BCUT2D eigenvalue weighted by Gasteiger charge is -2.72. The van der Waals surface area contributed by atoms with Gasteiger partial charge in [0, 0.05) is 17.5 Å². The van der Waals surface area contributed by atoms with E-state index < -0.39 is 60.5 Å². The zero-order chi connectivity index (χ0) is 30.9.